The first kappa shape index (κ1) is 13.9. The summed E-state index contributed by atoms with van der Waals surface area (Å²) in [6.07, 6.45) is 2.61. The molecule has 2 N–H and O–H groups in total. The summed E-state index contributed by atoms with van der Waals surface area (Å²) in [4.78, 5) is 5.31. The molecule has 0 atom stereocenters. The average Bonchev–Trinajstić information content (AvgIpc) is 2.35. The molecule has 0 fully saturated rings. The van der Waals surface area contributed by atoms with Gasteiger partial charge in [0.2, 0.25) is 0 Å². The van der Waals surface area contributed by atoms with Gasteiger partial charge in [-0.2, -0.15) is 0 Å². The van der Waals surface area contributed by atoms with Crippen LogP contribution in [0.3, 0.4) is 0 Å². The van der Waals surface area contributed by atoms with Crippen molar-refractivity contribution in [2.24, 2.45) is 5.73 Å². The Labute approximate surface area is 124 Å². The molecule has 0 radical (unpaired) electrons. The van der Waals surface area contributed by atoms with Crippen molar-refractivity contribution in [3.05, 3.63) is 51.6 Å². The molecule has 0 unspecified atom stereocenters. The zero-order chi connectivity index (χ0) is 13.0. The molecule has 0 saturated heterocycles. The summed E-state index contributed by atoms with van der Waals surface area (Å²) in [5, 5.41) is 1.65. The van der Waals surface area contributed by atoms with Crippen LogP contribution in [-0.4, -0.2) is 11.5 Å². The molecule has 0 aliphatic heterocycles. The number of hydrogen-bond acceptors (Lipinski definition) is 3. The molecule has 0 aliphatic carbocycles. The summed E-state index contributed by atoms with van der Waals surface area (Å²) in [5.41, 5.74) is 6.69. The SMILES string of the molecule is NCCc1ccc(Sc2ncccc2Br)c(Cl)c1. The fraction of sp³-hybridized carbons (Fsp3) is 0.154. The van der Waals surface area contributed by atoms with Gasteiger partial charge in [0.15, 0.2) is 0 Å². The molecule has 18 heavy (non-hydrogen) atoms. The number of pyridine rings is 1. The summed E-state index contributed by atoms with van der Waals surface area (Å²) < 4.78 is 0.970. The second kappa shape index (κ2) is 6.57. The maximum absolute atomic E-state index is 6.26. The van der Waals surface area contributed by atoms with Crippen molar-refractivity contribution >= 4 is 39.3 Å². The Morgan fingerprint density at radius 1 is 1.33 bits per heavy atom. The van der Waals surface area contributed by atoms with Crippen LogP contribution in [0.1, 0.15) is 5.56 Å². The van der Waals surface area contributed by atoms with Crippen LogP contribution < -0.4 is 5.73 Å². The molecule has 0 aliphatic rings. The summed E-state index contributed by atoms with van der Waals surface area (Å²) in [6.45, 7) is 0.634. The van der Waals surface area contributed by atoms with E-state index in [0.29, 0.717) is 6.54 Å². The zero-order valence-electron chi connectivity index (χ0n) is 9.57. The molecule has 2 nitrogen and oxygen atoms in total. The van der Waals surface area contributed by atoms with Crippen molar-refractivity contribution in [3.8, 4) is 0 Å². The first-order chi connectivity index (χ1) is 8.70. The van der Waals surface area contributed by atoms with E-state index >= 15 is 0 Å². The minimum Gasteiger partial charge on any atom is -0.330 e. The maximum atomic E-state index is 6.26. The van der Waals surface area contributed by atoms with Crippen LogP contribution in [0.25, 0.3) is 0 Å². The van der Waals surface area contributed by atoms with Crippen molar-refractivity contribution in [2.75, 3.05) is 6.54 Å². The van der Waals surface area contributed by atoms with Crippen LogP contribution in [0.4, 0.5) is 0 Å². The fourth-order valence-electron chi connectivity index (χ4n) is 1.50. The predicted molar refractivity (Wildman–Crippen MR) is 80.3 cm³/mol. The van der Waals surface area contributed by atoms with Gasteiger partial charge < -0.3 is 5.73 Å². The van der Waals surface area contributed by atoms with Crippen LogP contribution >= 0.6 is 39.3 Å². The second-order valence-electron chi connectivity index (χ2n) is 3.70. The summed E-state index contributed by atoms with van der Waals surface area (Å²) >= 11 is 11.3. The minimum absolute atomic E-state index is 0.634. The first-order valence-corrected chi connectivity index (χ1v) is 7.46. The number of benzene rings is 1. The number of halogens is 2. The minimum atomic E-state index is 0.634. The van der Waals surface area contributed by atoms with Crippen LogP contribution in [0.15, 0.2) is 50.9 Å². The molecule has 1 aromatic carbocycles. The molecular weight excluding hydrogens is 332 g/mol. The van der Waals surface area contributed by atoms with E-state index in [-0.39, 0.29) is 0 Å². The van der Waals surface area contributed by atoms with Gasteiger partial charge in [0, 0.05) is 11.1 Å². The van der Waals surface area contributed by atoms with E-state index in [9.17, 15) is 0 Å². The second-order valence-corrected chi connectivity index (χ2v) is 5.99. The third kappa shape index (κ3) is 3.48. The quantitative estimate of drug-likeness (QED) is 0.906. The van der Waals surface area contributed by atoms with Crippen LogP contribution in [0, 0.1) is 0 Å². The zero-order valence-corrected chi connectivity index (χ0v) is 12.7. The molecule has 0 bridgehead atoms. The van der Waals surface area contributed by atoms with Gasteiger partial charge in [-0.15, -0.1) is 0 Å². The highest BCUT2D eigenvalue weighted by atomic mass is 79.9. The van der Waals surface area contributed by atoms with E-state index in [1.165, 1.54) is 0 Å². The first-order valence-electron chi connectivity index (χ1n) is 5.47. The third-order valence-electron chi connectivity index (χ3n) is 2.36. The molecule has 0 spiro atoms. The Balaban J connectivity index is 2.22. The molecule has 2 rings (SSSR count). The maximum Gasteiger partial charge on any atom is 0.115 e. The van der Waals surface area contributed by atoms with Gasteiger partial charge >= 0.3 is 0 Å². The molecule has 1 heterocycles. The van der Waals surface area contributed by atoms with E-state index in [1.807, 2.05) is 24.3 Å². The number of nitrogens with zero attached hydrogens (tertiary/aromatic N) is 1. The largest absolute Gasteiger partial charge is 0.330 e. The van der Waals surface area contributed by atoms with E-state index in [0.717, 1.165) is 31.4 Å². The average molecular weight is 344 g/mol. The Bertz CT molecular complexity index is 548. The van der Waals surface area contributed by atoms with Crippen molar-refractivity contribution in [3.63, 3.8) is 0 Å². The highest BCUT2D eigenvalue weighted by molar-refractivity contribution is 9.10. The lowest BCUT2D eigenvalue weighted by molar-refractivity contribution is 0.966. The van der Waals surface area contributed by atoms with Crippen LogP contribution in [0.2, 0.25) is 5.02 Å². The Kier molecular flexibility index (Phi) is 5.06. The van der Waals surface area contributed by atoms with Gasteiger partial charge in [0.25, 0.3) is 0 Å². The van der Waals surface area contributed by atoms with Crippen molar-refractivity contribution < 1.29 is 0 Å². The fourth-order valence-corrected chi connectivity index (χ4v) is 3.10. The molecule has 0 saturated carbocycles. The Morgan fingerprint density at radius 3 is 2.83 bits per heavy atom. The van der Waals surface area contributed by atoms with Gasteiger partial charge in [-0.25, -0.2) is 4.98 Å². The van der Waals surface area contributed by atoms with Crippen LogP contribution in [0.5, 0.6) is 0 Å². The summed E-state index contributed by atoms with van der Waals surface area (Å²) in [6, 6.07) is 9.89. The smallest absolute Gasteiger partial charge is 0.115 e. The standard InChI is InChI=1S/C13H12BrClN2S/c14-10-2-1-7-17-13(10)18-12-4-3-9(5-6-16)8-11(12)15/h1-4,7-8H,5-6,16H2. The highest BCUT2D eigenvalue weighted by Gasteiger charge is 2.07. The number of aromatic nitrogens is 1. The lowest BCUT2D eigenvalue weighted by atomic mass is 10.1. The van der Waals surface area contributed by atoms with Crippen molar-refractivity contribution in [1.82, 2.24) is 4.98 Å². The predicted octanol–water partition coefficient (Wildman–Crippen LogP) is 4.15. The van der Waals surface area contributed by atoms with E-state index in [1.54, 1.807) is 18.0 Å². The molecule has 2 aromatic rings. The van der Waals surface area contributed by atoms with Gasteiger partial charge in [-0.1, -0.05) is 29.4 Å². The van der Waals surface area contributed by atoms with Gasteiger partial charge in [-0.05, 0) is 58.7 Å². The monoisotopic (exact) mass is 342 g/mol. The molecule has 94 valence electrons. The topological polar surface area (TPSA) is 38.9 Å². The summed E-state index contributed by atoms with van der Waals surface area (Å²) in [5.74, 6) is 0. The lowest BCUT2D eigenvalue weighted by Gasteiger charge is -2.07. The number of hydrogen-bond donors (Lipinski definition) is 1. The Morgan fingerprint density at radius 2 is 2.17 bits per heavy atom. The molecule has 5 heteroatoms. The normalized spacial score (nSPS) is 10.6. The molecule has 1 aromatic heterocycles. The van der Waals surface area contributed by atoms with Gasteiger partial charge in [0.1, 0.15) is 5.03 Å². The number of nitrogens with two attached hydrogens (primary N) is 1. The van der Waals surface area contributed by atoms with E-state index in [4.69, 9.17) is 17.3 Å². The van der Waals surface area contributed by atoms with E-state index < -0.39 is 0 Å². The number of rotatable bonds is 4. The third-order valence-corrected chi connectivity index (χ3v) is 4.78. The molecule has 0 amide bonds. The lowest BCUT2D eigenvalue weighted by Crippen LogP contribution is -2.02. The highest BCUT2D eigenvalue weighted by Crippen LogP contribution is 2.36. The van der Waals surface area contributed by atoms with Crippen molar-refractivity contribution in [1.29, 1.82) is 0 Å². The van der Waals surface area contributed by atoms with Gasteiger partial charge in [0.05, 0.1) is 9.50 Å². The Hall–Kier alpha value is -0.550. The van der Waals surface area contributed by atoms with Gasteiger partial charge in [-0.3, -0.25) is 0 Å². The molecular formula is C13H12BrClN2S. The summed E-state index contributed by atoms with van der Waals surface area (Å²) in [7, 11) is 0. The van der Waals surface area contributed by atoms with Crippen molar-refractivity contribution in [2.45, 2.75) is 16.3 Å². The van der Waals surface area contributed by atoms with E-state index in [2.05, 4.69) is 27.0 Å². The van der Waals surface area contributed by atoms with Crippen LogP contribution in [-0.2, 0) is 6.42 Å².